The van der Waals surface area contributed by atoms with E-state index in [1.165, 1.54) is 109 Å². The highest BCUT2D eigenvalue weighted by molar-refractivity contribution is 7.47. The maximum atomic E-state index is 13.1. The van der Waals surface area contributed by atoms with Crippen molar-refractivity contribution in [3.05, 3.63) is 109 Å². The van der Waals surface area contributed by atoms with Crippen LogP contribution < -0.4 is 0 Å². The van der Waals surface area contributed by atoms with E-state index in [1.807, 2.05) is 18.2 Å². The summed E-state index contributed by atoms with van der Waals surface area (Å²) in [5, 5.41) is 10.6. The van der Waals surface area contributed by atoms with Gasteiger partial charge in [-0.1, -0.05) is 291 Å². The van der Waals surface area contributed by atoms with E-state index in [-0.39, 0.29) is 25.7 Å². The molecule has 5 atom stereocenters. The first-order valence-corrected chi connectivity index (χ1v) is 44.1. The standard InChI is InChI=1S/C85H148O17P2/c1-5-9-13-17-21-25-29-33-37-38-39-40-44-48-52-56-60-64-68-72-85(90)102-81(76-96-83(88)70-66-62-58-54-50-46-42-35-31-27-23-19-15-11-7-3)78-100-104(93,94)98-74-79(86)73-97-103(91,92)99-77-80(101-84(89)71-67-63-59-55-51-47-43-36-32-28-24-20-16-12-8-4)75-95-82(87)69-65-61-57-53-49-45-41-34-30-26-22-18-14-10-6-2/h9,13,21,25-27,30-31,33,36-37,39-40,43,48,52,60,64,79-81,86H,5-8,10-12,14-20,22-24,28-29,32,34-35,38,41-42,44-47,49-51,53-59,61-63,65-78H2,1-4H3,(H,91,92)(H,93,94)/b13-9-,25-21-,30-26-,31-27-,37-33-,40-39-,43-36-,52-48-,64-60-/t79-,80+,81+/m0/s1. The number of hydrogen-bond acceptors (Lipinski definition) is 15. The first-order valence-electron chi connectivity index (χ1n) is 41.1. The van der Waals surface area contributed by atoms with Gasteiger partial charge in [0.15, 0.2) is 12.2 Å². The average Bonchev–Trinajstić information content (AvgIpc) is 0.943. The van der Waals surface area contributed by atoms with E-state index in [1.54, 1.807) is 0 Å². The third kappa shape index (κ3) is 75.9. The van der Waals surface area contributed by atoms with Gasteiger partial charge in [-0.25, -0.2) is 9.13 Å². The summed E-state index contributed by atoms with van der Waals surface area (Å²) in [5.74, 6) is -2.28. The van der Waals surface area contributed by atoms with Gasteiger partial charge < -0.3 is 33.8 Å². The van der Waals surface area contributed by atoms with E-state index >= 15 is 0 Å². The highest BCUT2D eigenvalue weighted by Crippen LogP contribution is 2.45. The van der Waals surface area contributed by atoms with Crippen LogP contribution in [-0.4, -0.2) is 96.7 Å². The van der Waals surface area contributed by atoms with Crippen LogP contribution >= 0.6 is 15.6 Å². The van der Waals surface area contributed by atoms with Crippen LogP contribution in [0.1, 0.15) is 349 Å². The molecule has 104 heavy (non-hydrogen) atoms. The van der Waals surface area contributed by atoms with E-state index in [2.05, 4.69) is 119 Å². The van der Waals surface area contributed by atoms with Crippen molar-refractivity contribution in [1.29, 1.82) is 0 Å². The molecule has 0 saturated heterocycles. The fourth-order valence-electron chi connectivity index (χ4n) is 10.9. The average molecular weight is 1500 g/mol. The Hall–Kier alpha value is -4.28. The molecule has 0 heterocycles. The van der Waals surface area contributed by atoms with E-state index in [4.69, 9.17) is 37.0 Å². The molecule has 0 aromatic rings. The quantitative estimate of drug-likeness (QED) is 0.0169. The van der Waals surface area contributed by atoms with Crippen molar-refractivity contribution in [1.82, 2.24) is 0 Å². The SMILES string of the molecule is CC/C=C\C/C=C\C/C=C\C/C=C\C/C=C\C/C=C\CCC(=O)O[C@H](COC(=O)CCCCCCCCC/C=C\CCCCCC)COP(=O)(O)OC[C@@H](O)COP(=O)(O)OC[C@@H](COC(=O)CCCCCCCCC/C=C\CCCCCC)OC(=O)CCCCCCC/C=C\CCCCCCCC. The number of carbonyl (C=O) groups excluding carboxylic acids is 4. The molecule has 0 aliphatic rings. The molecule has 0 spiro atoms. The third-order valence-electron chi connectivity index (χ3n) is 17.2. The molecule has 0 saturated carbocycles. The Kier molecular flexibility index (Phi) is 73.7. The minimum absolute atomic E-state index is 0.0315. The lowest BCUT2D eigenvalue weighted by Gasteiger charge is -2.21. The second-order valence-electron chi connectivity index (χ2n) is 27.3. The van der Waals surface area contributed by atoms with Crippen molar-refractivity contribution < 1.29 is 80.2 Å². The second-order valence-corrected chi connectivity index (χ2v) is 30.2. The maximum absolute atomic E-state index is 13.1. The Labute approximate surface area is 632 Å². The molecule has 0 bridgehead atoms. The number of esters is 4. The molecule has 3 N–H and O–H groups in total. The highest BCUT2D eigenvalue weighted by Gasteiger charge is 2.30. The van der Waals surface area contributed by atoms with Crippen molar-refractivity contribution in [2.24, 2.45) is 0 Å². The maximum Gasteiger partial charge on any atom is 0.472 e. The van der Waals surface area contributed by atoms with Crippen molar-refractivity contribution in [3.63, 3.8) is 0 Å². The number of rotatable bonds is 77. The topological polar surface area (TPSA) is 237 Å². The molecule has 2 unspecified atom stereocenters. The molecule has 19 heteroatoms. The van der Waals surface area contributed by atoms with Gasteiger partial charge in [0.25, 0.3) is 0 Å². The number of phosphoric acid groups is 2. The zero-order valence-electron chi connectivity index (χ0n) is 65.7. The molecule has 0 rings (SSSR count). The first kappa shape index (κ1) is 99.7. The van der Waals surface area contributed by atoms with Gasteiger partial charge in [-0.15, -0.1) is 0 Å². The summed E-state index contributed by atoms with van der Waals surface area (Å²) < 4.78 is 68.6. The van der Waals surface area contributed by atoms with Crippen LogP contribution in [0.25, 0.3) is 0 Å². The summed E-state index contributed by atoms with van der Waals surface area (Å²) in [4.78, 5) is 73.1. The van der Waals surface area contributed by atoms with Crippen molar-refractivity contribution in [2.75, 3.05) is 39.6 Å². The van der Waals surface area contributed by atoms with Gasteiger partial charge in [0.1, 0.15) is 19.3 Å². The van der Waals surface area contributed by atoms with Gasteiger partial charge in [-0.2, -0.15) is 0 Å². The predicted octanol–water partition coefficient (Wildman–Crippen LogP) is 24.1. The zero-order valence-corrected chi connectivity index (χ0v) is 67.5. The van der Waals surface area contributed by atoms with Gasteiger partial charge >= 0.3 is 39.5 Å². The first-order chi connectivity index (χ1) is 50.7. The molecule has 600 valence electrons. The number of hydrogen-bond donors (Lipinski definition) is 3. The van der Waals surface area contributed by atoms with Gasteiger partial charge in [0.05, 0.1) is 26.4 Å². The van der Waals surface area contributed by atoms with Crippen LogP contribution in [0, 0.1) is 0 Å². The summed E-state index contributed by atoms with van der Waals surface area (Å²) >= 11 is 0. The van der Waals surface area contributed by atoms with Crippen molar-refractivity contribution in [2.45, 2.75) is 367 Å². The van der Waals surface area contributed by atoms with Gasteiger partial charge in [-0.3, -0.25) is 37.3 Å². The molecule has 0 radical (unpaired) electrons. The van der Waals surface area contributed by atoms with Gasteiger partial charge in [0, 0.05) is 25.7 Å². The molecule has 0 aliphatic heterocycles. The third-order valence-corrected chi connectivity index (χ3v) is 19.1. The number of carbonyl (C=O) groups is 4. The Morgan fingerprint density at radius 1 is 0.279 bits per heavy atom. The monoisotopic (exact) mass is 1500 g/mol. The number of allylic oxidation sites excluding steroid dienone is 18. The Morgan fingerprint density at radius 3 is 0.837 bits per heavy atom. The van der Waals surface area contributed by atoms with E-state index in [0.717, 1.165) is 154 Å². The fraction of sp³-hybridized carbons (Fsp3) is 0.741. The largest absolute Gasteiger partial charge is 0.472 e. The lowest BCUT2D eigenvalue weighted by molar-refractivity contribution is -0.161. The Morgan fingerprint density at radius 2 is 0.519 bits per heavy atom. The van der Waals surface area contributed by atoms with Gasteiger partial charge in [-0.05, 0) is 141 Å². The van der Waals surface area contributed by atoms with E-state index < -0.39 is 97.5 Å². The molecular formula is C85H148O17P2. The highest BCUT2D eigenvalue weighted by atomic mass is 31.2. The number of aliphatic hydroxyl groups is 1. The Balaban J connectivity index is 5.43. The zero-order chi connectivity index (χ0) is 76.0. The number of ether oxygens (including phenoxy) is 4. The molecule has 0 aromatic heterocycles. The lowest BCUT2D eigenvalue weighted by atomic mass is 10.1. The number of phosphoric ester groups is 2. The van der Waals surface area contributed by atoms with Crippen molar-refractivity contribution in [3.8, 4) is 0 Å². The number of aliphatic hydroxyl groups excluding tert-OH is 1. The lowest BCUT2D eigenvalue weighted by Crippen LogP contribution is -2.30. The van der Waals surface area contributed by atoms with Crippen molar-refractivity contribution >= 4 is 39.5 Å². The number of unbranched alkanes of at least 4 members (excludes halogenated alkanes) is 33. The minimum atomic E-state index is -5.00. The normalized spacial score (nSPS) is 14.4. The molecule has 0 aliphatic carbocycles. The molecule has 0 fully saturated rings. The molecular weight excluding hydrogens is 1350 g/mol. The van der Waals surface area contributed by atoms with Crippen LogP contribution in [0.2, 0.25) is 0 Å². The van der Waals surface area contributed by atoms with Gasteiger partial charge in [0.2, 0.25) is 0 Å². The predicted molar refractivity (Wildman–Crippen MR) is 427 cm³/mol. The summed E-state index contributed by atoms with van der Waals surface area (Å²) in [6.07, 6.45) is 83.6. The minimum Gasteiger partial charge on any atom is -0.462 e. The van der Waals surface area contributed by atoms with Crippen LogP contribution in [0.5, 0.6) is 0 Å². The van der Waals surface area contributed by atoms with Crippen LogP contribution in [0.15, 0.2) is 109 Å². The summed E-state index contributed by atoms with van der Waals surface area (Å²) in [5.41, 5.74) is 0. The summed E-state index contributed by atoms with van der Waals surface area (Å²) in [6.45, 7) is 4.67. The fourth-order valence-corrected chi connectivity index (χ4v) is 12.5. The van der Waals surface area contributed by atoms with Crippen LogP contribution in [-0.2, 0) is 65.4 Å². The smallest absolute Gasteiger partial charge is 0.462 e. The summed E-state index contributed by atoms with van der Waals surface area (Å²) in [6, 6.07) is 0. The van der Waals surface area contributed by atoms with E-state index in [0.29, 0.717) is 32.1 Å². The molecule has 17 nitrogen and oxygen atoms in total. The van der Waals surface area contributed by atoms with E-state index in [9.17, 15) is 43.2 Å². The molecule has 0 amide bonds. The second kappa shape index (κ2) is 76.9. The van der Waals surface area contributed by atoms with Crippen LogP contribution in [0.4, 0.5) is 0 Å². The Bertz CT molecular complexity index is 2390. The molecule has 0 aromatic carbocycles. The van der Waals surface area contributed by atoms with Crippen LogP contribution in [0.3, 0.4) is 0 Å². The summed E-state index contributed by atoms with van der Waals surface area (Å²) in [7, 11) is -9.98.